The molecule has 0 aliphatic heterocycles. The molecule has 0 saturated carbocycles. The highest BCUT2D eigenvalue weighted by molar-refractivity contribution is 7.89. The van der Waals surface area contributed by atoms with Crippen LogP contribution in [0.15, 0.2) is 34.1 Å². The Morgan fingerprint density at radius 1 is 0.926 bits per heavy atom. The Kier molecular flexibility index (Phi) is 7.57. The zero-order valence-electron chi connectivity index (χ0n) is 16.7. The Hall–Kier alpha value is -1.49. The van der Waals surface area contributed by atoms with Crippen LogP contribution in [0.4, 0.5) is 0 Å². The Balaban J connectivity index is 3.04. The first-order chi connectivity index (χ1) is 12.3. The van der Waals surface area contributed by atoms with E-state index in [1.165, 1.54) is 35.6 Å². The number of benzene rings is 1. The normalized spacial score (nSPS) is 13.2. The zero-order valence-corrected chi connectivity index (χ0v) is 18.3. The molecule has 1 N–H and O–H groups in total. The third-order valence-corrected chi connectivity index (χ3v) is 7.64. The number of rotatable bonds is 8. The number of nitrogens with zero attached hydrogens (tertiary/aromatic N) is 2. The average molecular weight is 420 g/mol. The minimum absolute atomic E-state index is 0.0262. The Bertz CT molecular complexity index is 853. The molecule has 0 heterocycles. The zero-order chi connectivity index (χ0) is 21.0. The fraction of sp³-hybridized carbons (Fsp3) is 0.588. The predicted octanol–water partition coefficient (Wildman–Crippen LogP) is 1.25. The number of likely N-dealkylation sites (N-methyl/N-ethyl adjacent to an activating group) is 1. The van der Waals surface area contributed by atoms with E-state index in [4.69, 9.17) is 0 Å². The summed E-state index contributed by atoms with van der Waals surface area (Å²) in [6.07, 6.45) is 0. The van der Waals surface area contributed by atoms with Gasteiger partial charge in [-0.2, -0.15) is 8.61 Å². The lowest BCUT2D eigenvalue weighted by Crippen LogP contribution is -2.46. The van der Waals surface area contributed by atoms with Crippen LogP contribution in [0.2, 0.25) is 0 Å². The lowest BCUT2D eigenvalue weighted by Gasteiger charge is -2.23. The standard InChI is InChI=1S/C17H29N3O5S2/c1-7-20(8-2)27(24,25)15-11-9-14(10-12-15)26(22,23)19(6)13-16(21)18-17(3,4)5/h9-12H,7-8,13H2,1-6H3,(H,18,21). The van der Waals surface area contributed by atoms with E-state index in [0.29, 0.717) is 13.1 Å². The fourth-order valence-corrected chi connectivity index (χ4v) is 5.01. The first kappa shape index (κ1) is 23.5. The number of carbonyl (C=O) groups is 1. The molecule has 0 bridgehead atoms. The van der Waals surface area contributed by atoms with Gasteiger partial charge in [-0.1, -0.05) is 13.8 Å². The van der Waals surface area contributed by atoms with Crippen LogP contribution in [0.3, 0.4) is 0 Å². The third-order valence-electron chi connectivity index (χ3n) is 3.76. The number of hydrogen-bond donors (Lipinski definition) is 1. The van der Waals surface area contributed by atoms with Crippen molar-refractivity contribution in [3.05, 3.63) is 24.3 Å². The van der Waals surface area contributed by atoms with Crippen LogP contribution in [0, 0.1) is 0 Å². The topological polar surface area (TPSA) is 104 Å². The molecule has 0 aliphatic carbocycles. The molecular formula is C17H29N3O5S2. The average Bonchev–Trinajstić information content (AvgIpc) is 2.53. The number of amides is 1. The second-order valence-electron chi connectivity index (χ2n) is 7.12. The molecule has 10 heteroatoms. The first-order valence-corrected chi connectivity index (χ1v) is 11.5. The lowest BCUT2D eigenvalue weighted by atomic mass is 10.1. The van der Waals surface area contributed by atoms with Gasteiger partial charge < -0.3 is 5.32 Å². The molecule has 1 aromatic rings. The van der Waals surface area contributed by atoms with Crippen molar-refractivity contribution in [2.45, 2.75) is 49.9 Å². The molecule has 0 fully saturated rings. The highest BCUT2D eigenvalue weighted by atomic mass is 32.2. The molecule has 154 valence electrons. The minimum atomic E-state index is -3.92. The molecular weight excluding hydrogens is 390 g/mol. The van der Waals surface area contributed by atoms with Crippen molar-refractivity contribution in [3.8, 4) is 0 Å². The van der Waals surface area contributed by atoms with Gasteiger partial charge in [-0.15, -0.1) is 0 Å². The Labute approximate surface area is 162 Å². The SMILES string of the molecule is CCN(CC)S(=O)(=O)c1ccc(S(=O)(=O)N(C)CC(=O)NC(C)(C)C)cc1. The van der Waals surface area contributed by atoms with Crippen molar-refractivity contribution in [1.82, 2.24) is 13.9 Å². The summed E-state index contributed by atoms with van der Waals surface area (Å²) >= 11 is 0. The molecule has 0 aliphatic rings. The van der Waals surface area contributed by atoms with Gasteiger partial charge in [0.15, 0.2) is 0 Å². The van der Waals surface area contributed by atoms with E-state index in [9.17, 15) is 21.6 Å². The molecule has 8 nitrogen and oxygen atoms in total. The molecule has 0 saturated heterocycles. The summed E-state index contributed by atoms with van der Waals surface area (Å²) in [4.78, 5) is 11.9. The van der Waals surface area contributed by atoms with E-state index in [2.05, 4.69) is 5.32 Å². The second-order valence-corrected chi connectivity index (χ2v) is 11.1. The van der Waals surface area contributed by atoms with Gasteiger partial charge in [0, 0.05) is 25.7 Å². The lowest BCUT2D eigenvalue weighted by molar-refractivity contribution is -0.122. The number of nitrogens with one attached hydrogen (secondary N) is 1. The van der Waals surface area contributed by atoms with Crippen LogP contribution in [-0.2, 0) is 24.8 Å². The summed E-state index contributed by atoms with van der Waals surface area (Å²) in [7, 11) is -6.28. The van der Waals surface area contributed by atoms with Gasteiger partial charge in [0.25, 0.3) is 0 Å². The van der Waals surface area contributed by atoms with E-state index in [1.807, 2.05) is 0 Å². The summed E-state index contributed by atoms with van der Waals surface area (Å²) < 4.78 is 52.4. The molecule has 0 unspecified atom stereocenters. The highest BCUT2D eigenvalue weighted by Gasteiger charge is 2.26. The molecule has 0 radical (unpaired) electrons. The first-order valence-electron chi connectivity index (χ1n) is 8.63. The molecule has 0 aromatic heterocycles. The maximum Gasteiger partial charge on any atom is 0.243 e. The monoisotopic (exact) mass is 419 g/mol. The van der Waals surface area contributed by atoms with Gasteiger partial charge in [0.05, 0.1) is 16.3 Å². The van der Waals surface area contributed by atoms with Gasteiger partial charge >= 0.3 is 0 Å². The molecule has 27 heavy (non-hydrogen) atoms. The predicted molar refractivity (Wildman–Crippen MR) is 104 cm³/mol. The number of carbonyl (C=O) groups excluding carboxylic acids is 1. The summed E-state index contributed by atoms with van der Waals surface area (Å²) in [5.74, 6) is -0.422. The molecule has 0 spiro atoms. The van der Waals surface area contributed by atoms with Gasteiger partial charge in [0.1, 0.15) is 0 Å². The Morgan fingerprint density at radius 2 is 1.33 bits per heavy atom. The van der Waals surface area contributed by atoms with Crippen LogP contribution >= 0.6 is 0 Å². The number of sulfonamides is 2. The maximum atomic E-state index is 12.6. The largest absolute Gasteiger partial charge is 0.350 e. The molecule has 0 atom stereocenters. The smallest absolute Gasteiger partial charge is 0.243 e. The number of hydrogen-bond acceptors (Lipinski definition) is 5. The molecule has 1 rings (SSSR count). The van der Waals surface area contributed by atoms with Crippen LogP contribution in [-0.4, -0.2) is 63.6 Å². The van der Waals surface area contributed by atoms with Gasteiger partial charge in [-0.3, -0.25) is 4.79 Å². The van der Waals surface area contributed by atoms with Crippen molar-refractivity contribution >= 4 is 26.0 Å². The van der Waals surface area contributed by atoms with Crippen molar-refractivity contribution in [1.29, 1.82) is 0 Å². The van der Waals surface area contributed by atoms with Crippen LogP contribution in [0.1, 0.15) is 34.6 Å². The van der Waals surface area contributed by atoms with E-state index in [0.717, 1.165) is 4.31 Å². The van der Waals surface area contributed by atoms with E-state index < -0.39 is 31.5 Å². The summed E-state index contributed by atoms with van der Waals surface area (Å²) in [6, 6.07) is 5.01. The van der Waals surface area contributed by atoms with Gasteiger partial charge in [-0.25, -0.2) is 16.8 Å². The van der Waals surface area contributed by atoms with E-state index in [1.54, 1.807) is 34.6 Å². The maximum absolute atomic E-state index is 12.6. The van der Waals surface area contributed by atoms with Crippen molar-refractivity contribution in [2.24, 2.45) is 0 Å². The van der Waals surface area contributed by atoms with Gasteiger partial charge in [-0.05, 0) is 45.0 Å². The minimum Gasteiger partial charge on any atom is -0.350 e. The summed E-state index contributed by atoms with van der Waals surface area (Å²) in [6.45, 7) is 9.18. The van der Waals surface area contributed by atoms with Crippen molar-refractivity contribution in [3.63, 3.8) is 0 Å². The summed E-state index contributed by atoms with van der Waals surface area (Å²) in [5.41, 5.74) is -0.470. The summed E-state index contributed by atoms with van der Waals surface area (Å²) in [5, 5.41) is 2.70. The second kappa shape index (κ2) is 8.68. The van der Waals surface area contributed by atoms with Gasteiger partial charge in [0.2, 0.25) is 26.0 Å². The van der Waals surface area contributed by atoms with Crippen LogP contribution in [0.5, 0.6) is 0 Å². The van der Waals surface area contributed by atoms with Crippen LogP contribution in [0.25, 0.3) is 0 Å². The van der Waals surface area contributed by atoms with Crippen molar-refractivity contribution < 1.29 is 21.6 Å². The fourth-order valence-electron chi connectivity index (χ4n) is 2.42. The van der Waals surface area contributed by atoms with E-state index >= 15 is 0 Å². The highest BCUT2D eigenvalue weighted by Crippen LogP contribution is 2.20. The molecule has 1 amide bonds. The van der Waals surface area contributed by atoms with Crippen LogP contribution < -0.4 is 5.32 Å². The third kappa shape index (κ3) is 6.00. The quantitative estimate of drug-likeness (QED) is 0.683. The van der Waals surface area contributed by atoms with E-state index in [-0.39, 0.29) is 16.3 Å². The van der Waals surface area contributed by atoms with Crippen molar-refractivity contribution in [2.75, 3.05) is 26.7 Å². The Morgan fingerprint density at radius 3 is 1.70 bits per heavy atom. The molecule has 1 aromatic carbocycles.